The standard InChI is InChI=1S/C16H30N2O.ClH/c1-13(2)11-14-7-6-10-18(12-14)15(19)16(17)8-4-3-5-9-16;/h13-14H,3-12,17H2,1-2H3;1H. The van der Waals surface area contributed by atoms with Crippen LogP contribution in [0.25, 0.3) is 0 Å². The van der Waals surface area contributed by atoms with E-state index in [-0.39, 0.29) is 18.3 Å². The van der Waals surface area contributed by atoms with E-state index < -0.39 is 5.54 Å². The Balaban J connectivity index is 0.00000200. The lowest BCUT2D eigenvalue weighted by molar-refractivity contribution is -0.140. The smallest absolute Gasteiger partial charge is 0.242 e. The van der Waals surface area contributed by atoms with Gasteiger partial charge in [0.2, 0.25) is 5.91 Å². The summed E-state index contributed by atoms with van der Waals surface area (Å²) in [6.45, 7) is 6.40. The summed E-state index contributed by atoms with van der Waals surface area (Å²) in [5, 5.41) is 0. The SMILES string of the molecule is CC(C)CC1CCCN(C(=O)C2(N)CCCCC2)C1.Cl. The number of likely N-dealkylation sites (tertiary alicyclic amines) is 1. The van der Waals surface area contributed by atoms with E-state index in [0.29, 0.717) is 5.92 Å². The number of amides is 1. The van der Waals surface area contributed by atoms with Crippen LogP contribution in [0, 0.1) is 11.8 Å². The van der Waals surface area contributed by atoms with E-state index in [0.717, 1.165) is 51.1 Å². The zero-order valence-corrected chi connectivity index (χ0v) is 13.9. The average Bonchev–Trinajstić information content (AvgIpc) is 2.38. The van der Waals surface area contributed by atoms with Crippen molar-refractivity contribution in [1.29, 1.82) is 0 Å². The van der Waals surface area contributed by atoms with Gasteiger partial charge in [0.15, 0.2) is 0 Å². The zero-order valence-electron chi connectivity index (χ0n) is 13.1. The maximum Gasteiger partial charge on any atom is 0.242 e. The number of hydrogen-bond donors (Lipinski definition) is 1. The van der Waals surface area contributed by atoms with Crippen molar-refractivity contribution in [1.82, 2.24) is 4.90 Å². The largest absolute Gasteiger partial charge is 0.341 e. The molecular weight excluding hydrogens is 272 g/mol. The van der Waals surface area contributed by atoms with Crippen molar-refractivity contribution in [2.45, 2.75) is 70.8 Å². The lowest BCUT2D eigenvalue weighted by atomic mass is 9.80. The second kappa shape index (κ2) is 7.65. The van der Waals surface area contributed by atoms with E-state index in [1.165, 1.54) is 19.3 Å². The van der Waals surface area contributed by atoms with Gasteiger partial charge in [-0.05, 0) is 43.9 Å². The molecule has 3 nitrogen and oxygen atoms in total. The molecule has 20 heavy (non-hydrogen) atoms. The van der Waals surface area contributed by atoms with Gasteiger partial charge < -0.3 is 10.6 Å². The molecule has 1 aliphatic carbocycles. The minimum atomic E-state index is -0.544. The summed E-state index contributed by atoms with van der Waals surface area (Å²) in [6.07, 6.45) is 8.91. The van der Waals surface area contributed by atoms with Crippen molar-refractivity contribution >= 4 is 18.3 Å². The van der Waals surface area contributed by atoms with Crippen LogP contribution in [0.15, 0.2) is 0 Å². The molecular formula is C16H31ClN2O. The van der Waals surface area contributed by atoms with Gasteiger partial charge in [-0.1, -0.05) is 33.1 Å². The fourth-order valence-corrected chi connectivity index (χ4v) is 3.82. The van der Waals surface area contributed by atoms with Crippen molar-refractivity contribution in [3.05, 3.63) is 0 Å². The molecule has 2 fully saturated rings. The highest BCUT2D eigenvalue weighted by Crippen LogP contribution is 2.30. The van der Waals surface area contributed by atoms with E-state index >= 15 is 0 Å². The summed E-state index contributed by atoms with van der Waals surface area (Å²) in [4.78, 5) is 14.8. The summed E-state index contributed by atoms with van der Waals surface area (Å²) in [7, 11) is 0. The number of nitrogens with zero attached hydrogens (tertiary/aromatic N) is 1. The van der Waals surface area contributed by atoms with Crippen molar-refractivity contribution in [3.8, 4) is 0 Å². The summed E-state index contributed by atoms with van der Waals surface area (Å²) in [6, 6.07) is 0. The van der Waals surface area contributed by atoms with E-state index in [1.54, 1.807) is 0 Å². The molecule has 1 aliphatic heterocycles. The quantitative estimate of drug-likeness (QED) is 0.869. The molecule has 0 spiro atoms. The van der Waals surface area contributed by atoms with Gasteiger partial charge in [0.1, 0.15) is 0 Å². The first-order valence-corrected chi connectivity index (χ1v) is 8.09. The summed E-state index contributed by atoms with van der Waals surface area (Å²) in [5.41, 5.74) is 5.85. The summed E-state index contributed by atoms with van der Waals surface area (Å²) in [5.74, 6) is 1.65. The molecule has 0 aromatic heterocycles. The van der Waals surface area contributed by atoms with E-state index in [1.807, 2.05) is 0 Å². The Morgan fingerprint density at radius 1 is 1.25 bits per heavy atom. The second-order valence-corrected chi connectivity index (χ2v) is 7.11. The highest BCUT2D eigenvalue weighted by Gasteiger charge is 2.39. The minimum absolute atomic E-state index is 0. The molecule has 1 saturated heterocycles. The Morgan fingerprint density at radius 2 is 1.90 bits per heavy atom. The van der Waals surface area contributed by atoms with Gasteiger partial charge in [0, 0.05) is 13.1 Å². The first kappa shape index (κ1) is 17.8. The third-order valence-electron chi connectivity index (χ3n) is 4.78. The Kier molecular flexibility index (Phi) is 6.80. The molecule has 2 N–H and O–H groups in total. The van der Waals surface area contributed by atoms with Gasteiger partial charge in [-0.15, -0.1) is 12.4 Å². The molecule has 0 bridgehead atoms. The van der Waals surface area contributed by atoms with Crippen LogP contribution in [0.3, 0.4) is 0 Å². The van der Waals surface area contributed by atoms with Crippen LogP contribution >= 0.6 is 12.4 Å². The van der Waals surface area contributed by atoms with Crippen LogP contribution in [-0.2, 0) is 4.79 Å². The van der Waals surface area contributed by atoms with Gasteiger partial charge in [-0.2, -0.15) is 0 Å². The third-order valence-corrected chi connectivity index (χ3v) is 4.78. The average molecular weight is 303 g/mol. The molecule has 0 aromatic rings. The number of piperidine rings is 1. The van der Waals surface area contributed by atoms with Gasteiger partial charge in [-0.25, -0.2) is 0 Å². The molecule has 1 saturated carbocycles. The molecule has 1 atom stereocenters. The monoisotopic (exact) mass is 302 g/mol. The van der Waals surface area contributed by atoms with Crippen LogP contribution in [0.5, 0.6) is 0 Å². The number of nitrogens with two attached hydrogens (primary N) is 1. The number of halogens is 1. The Bertz CT molecular complexity index is 314. The predicted molar refractivity (Wildman–Crippen MR) is 86.0 cm³/mol. The predicted octanol–water partition coefficient (Wildman–Crippen LogP) is 3.35. The van der Waals surface area contributed by atoms with Crippen LogP contribution in [0.1, 0.15) is 65.2 Å². The Morgan fingerprint density at radius 3 is 2.50 bits per heavy atom. The van der Waals surface area contributed by atoms with Crippen molar-refractivity contribution in [3.63, 3.8) is 0 Å². The molecule has 2 rings (SSSR count). The lowest BCUT2D eigenvalue weighted by Crippen LogP contribution is -2.58. The van der Waals surface area contributed by atoms with Crippen LogP contribution in [0.2, 0.25) is 0 Å². The molecule has 0 aromatic carbocycles. The van der Waals surface area contributed by atoms with E-state index in [2.05, 4.69) is 18.7 Å². The van der Waals surface area contributed by atoms with Crippen LogP contribution < -0.4 is 5.73 Å². The highest BCUT2D eigenvalue weighted by atomic mass is 35.5. The minimum Gasteiger partial charge on any atom is -0.341 e. The highest BCUT2D eigenvalue weighted by molar-refractivity contribution is 5.86. The van der Waals surface area contributed by atoms with Gasteiger partial charge in [0.25, 0.3) is 0 Å². The fourth-order valence-electron chi connectivity index (χ4n) is 3.82. The molecule has 0 radical (unpaired) electrons. The second-order valence-electron chi connectivity index (χ2n) is 7.11. The Labute approximate surface area is 130 Å². The van der Waals surface area contributed by atoms with Crippen molar-refractivity contribution in [2.24, 2.45) is 17.6 Å². The van der Waals surface area contributed by atoms with E-state index in [4.69, 9.17) is 5.73 Å². The van der Waals surface area contributed by atoms with Gasteiger partial charge >= 0.3 is 0 Å². The van der Waals surface area contributed by atoms with Crippen molar-refractivity contribution < 1.29 is 4.79 Å². The summed E-state index contributed by atoms with van der Waals surface area (Å²) >= 11 is 0. The number of rotatable bonds is 3. The first-order valence-electron chi connectivity index (χ1n) is 8.09. The van der Waals surface area contributed by atoms with Crippen LogP contribution in [-0.4, -0.2) is 29.4 Å². The molecule has 1 heterocycles. The molecule has 2 aliphatic rings. The Hall–Kier alpha value is -0.280. The number of carbonyl (C=O) groups excluding carboxylic acids is 1. The number of carbonyl (C=O) groups is 1. The van der Waals surface area contributed by atoms with E-state index in [9.17, 15) is 4.79 Å². The first-order chi connectivity index (χ1) is 9.01. The topological polar surface area (TPSA) is 46.3 Å². The third kappa shape index (κ3) is 4.36. The zero-order chi connectivity index (χ0) is 13.9. The molecule has 4 heteroatoms. The fraction of sp³-hybridized carbons (Fsp3) is 0.938. The molecule has 1 unspecified atom stereocenters. The van der Waals surface area contributed by atoms with Crippen LogP contribution in [0.4, 0.5) is 0 Å². The van der Waals surface area contributed by atoms with Gasteiger partial charge in [-0.3, -0.25) is 4.79 Å². The van der Waals surface area contributed by atoms with Crippen molar-refractivity contribution in [2.75, 3.05) is 13.1 Å². The lowest BCUT2D eigenvalue weighted by Gasteiger charge is -2.40. The molecule has 1 amide bonds. The maximum atomic E-state index is 12.7. The maximum absolute atomic E-state index is 12.7. The normalized spacial score (nSPS) is 26.2. The number of hydrogen-bond acceptors (Lipinski definition) is 2. The van der Waals surface area contributed by atoms with Gasteiger partial charge in [0.05, 0.1) is 5.54 Å². The molecule has 118 valence electrons. The summed E-state index contributed by atoms with van der Waals surface area (Å²) < 4.78 is 0.